The maximum atomic E-state index is 12.0. The number of carbonyl (C=O) groups excluding carboxylic acids is 1. The second kappa shape index (κ2) is 7.96. The minimum Gasteiger partial charge on any atom is -0.480 e. The Balaban J connectivity index is 1.91. The summed E-state index contributed by atoms with van der Waals surface area (Å²) in [4.78, 5) is 28.1. The Labute approximate surface area is 169 Å². The molecule has 2 saturated heterocycles. The minimum absolute atomic E-state index is 0.0280. The number of nitrogens with zero attached hydrogens (tertiary/aromatic N) is 2. The van der Waals surface area contributed by atoms with E-state index < -0.39 is 41.0 Å². The summed E-state index contributed by atoms with van der Waals surface area (Å²) in [5, 5.41) is 9.06. The van der Waals surface area contributed by atoms with Crippen LogP contribution in [0.5, 0.6) is 0 Å². The lowest BCUT2D eigenvalue weighted by molar-refractivity contribution is -0.143. The summed E-state index contributed by atoms with van der Waals surface area (Å²) in [5.74, 6) is -1.99. The van der Waals surface area contributed by atoms with Crippen molar-refractivity contribution in [2.45, 2.75) is 11.3 Å². The highest BCUT2D eigenvalue weighted by Gasteiger charge is 2.49. The summed E-state index contributed by atoms with van der Waals surface area (Å²) in [5.41, 5.74) is 0.458. The molecule has 2 aliphatic rings. The van der Waals surface area contributed by atoms with E-state index >= 15 is 0 Å². The number of benzene rings is 1. The van der Waals surface area contributed by atoms with E-state index in [1.165, 1.54) is 11.8 Å². The minimum atomic E-state index is -3.21. The lowest BCUT2D eigenvalue weighted by Crippen LogP contribution is -2.38. The Kier molecular flexibility index (Phi) is 6.02. The number of thioether (sulfide) groups is 1. The summed E-state index contributed by atoms with van der Waals surface area (Å²) in [6, 6.07) is 4.51. The predicted octanol–water partition coefficient (Wildman–Crippen LogP) is 1.70. The number of ether oxygens (including phenoxy) is 1. The van der Waals surface area contributed by atoms with Crippen LogP contribution in [0.4, 0.5) is 5.69 Å². The van der Waals surface area contributed by atoms with E-state index in [9.17, 15) is 18.0 Å². The lowest BCUT2D eigenvalue weighted by atomic mass is 10.2. The molecule has 1 amide bonds. The summed E-state index contributed by atoms with van der Waals surface area (Å²) in [6.45, 7) is -1.11. The van der Waals surface area contributed by atoms with Gasteiger partial charge in [0.2, 0.25) is 0 Å². The second-order valence-electron chi connectivity index (χ2n) is 5.92. The number of carboxylic acid groups (broad SMARTS) is 1. The molecular formula is C15H14Cl2N2O6S2. The fourth-order valence-electron chi connectivity index (χ4n) is 2.89. The van der Waals surface area contributed by atoms with Crippen LogP contribution in [-0.2, 0) is 24.2 Å². The number of sulfone groups is 1. The number of amidine groups is 1. The highest BCUT2D eigenvalue weighted by atomic mass is 35.5. The van der Waals surface area contributed by atoms with Crippen molar-refractivity contribution in [3.63, 3.8) is 0 Å². The largest absolute Gasteiger partial charge is 0.480 e. The molecule has 0 saturated carbocycles. The van der Waals surface area contributed by atoms with E-state index in [1.807, 2.05) is 0 Å². The molecule has 27 heavy (non-hydrogen) atoms. The molecule has 1 aromatic rings. The van der Waals surface area contributed by atoms with Gasteiger partial charge in [0.1, 0.15) is 13.2 Å². The molecule has 0 aromatic heterocycles. The first-order chi connectivity index (χ1) is 12.7. The third kappa shape index (κ3) is 4.57. The number of aliphatic imine (C=N–C) groups is 1. The van der Waals surface area contributed by atoms with Crippen LogP contribution in [0.3, 0.4) is 0 Å². The molecule has 2 atom stereocenters. The number of anilines is 1. The maximum Gasteiger partial charge on any atom is 0.329 e. The summed E-state index contributed by atoms with van der Waals surface area (Å²) >= 11 is 13.5. The van der Waals surface area contributed by atoms with Crippen LogP contribution in [0.15, 0.2) is 23.2 Å². The van der Waals surface area contributed by atoms with Crippen LogP contribution >= 0.6 is 35.0 Å². The van der Waals surface area contributed by atoms with E-state index in [0.717, 1.165) is 0 Å². The van der Waals surface area contributed by atoms with E-state index in [0.29, 0.717) is 10.7 Å². The second-order valence-corrected chi connectivity index (χ2v) is 10.1. The van der Waals surface area contributed by atoms with Gasteiger partial charge in [0.25, 0.3) is 5.91 Å². The van der Waals surface area contributed by atoms with Crippen LogP contribution < -0.4 is 4.90 Å². The standard InChI is InChI=1S/C15H14Cl2N2O6S2/c16-8-2-1-3-9(14(8)17)19-10-6-27(23,24)7-11(10)26-15(19)18-12(20)4-25-5-13(21)22/h1-3,10-11H,4-7H2,(H,21,22)/t10-,11+/m1/s1. The average molecular weight is 453 g/mol. The highest BCUT2D eigenvalue weighted by molar-refractivity contribution is 8.16. The van der Waals surface area contributed by atoms with Crippen LogP contribution in [-0.4, -0.2) is 66.6 Å². The zero-order valence-corrected chi connectivity index (χ0v) is 16.8. The van der Waals surface area contributed by atoms with Gasteiger partial charge in [0.05, 0.1) is 33.3 Å². The fraction of sp³-hybridized carbons (Fsp3) is 0.400. The smallest absolute Gasteiger partial charge is 0.329 e. The number of carboxylic acids is 1. The zero-order valence-electron chi connectivity index (χ0n) is 13.7. The molecule has 0 aliphatic carbocycles. The Morgan fingerprint density at radius 3 is 2.74 bits per heavy atom. The third-order valence-electron chi connectivity index (χ3n) is 3.93. The molecule has 1 aromatic carbocycles. The molecule has 0 bridgehead atoms. The predicted molar refractivity (Wildman–Crippen MR) is 104 cm³/mol. The molecule has 146 valence electrons. The SMILES string of the molecule is O=C(O)COCC(=O)N=C1S[C@H]2CS(=O)(=O)C[C@H]2N1c1cccc(Cl)c1Cl. The number of hydrogen-bond donors (Lipinski definition) is 1. The van der Waals surface area contributed by atoms with E-state index in [1.54, 1.807) is 23.1 Å². The summed E-state index contributed by atoms with van der Waals surface area (Å²) in [7, 11) is -3.21. The third-order valence-corrected chi connectivity index (χ3v) is 7.95. The summed E-state index contributed by atoms with van der Waals surface area (Å²) < 4.78 is 28.8. The van der Waals surface area contributed by atoms with E-state index in [2.05, 4.69) is 4.99 Å². The highest BCUT2D eigenvalue weighted by Crippen LogP contribution is 2.44. The van der Waals surface area contributed by atoms with Gasteiger partial charge >= 0.3 is 5.97 Å². The molecule has 0 unspecified atom stereocenters. The van der Waals surface area contributed by atoms with Crippen molar-refractivity contribution in [1.29, 1.82) is 0 Å². The van der Waals surface area contributed by atoms with E-state index in [4.69, 9.17) is 33.0 Å². The van der Waals surface area contributed by atoms with E-state index in [-0.39, 0.29) is 26.9 Å². The Morgan fingerprint density at radius 1 is 1.30 bits per heavy atom. The normalized spacial score (nSPS) is 25.0. The van der Waals surface area contributed by atoms with Gasteiger partial charge in [-0.25, -0.2) is 13.2 Å². The first-order valence-electron chi connectivity index (χ1n) is 7.69. The van der Waals surface area contributed by atoms with Gasteiger partial charge in [0, 0.05) is 5.25 Å². The molecule has 1 N–H and O–H groups in total. The van der Waals surface area contributed by atoms with Crippen molar-refractivity contribution in [2.75, 3.05) is 29.6 Å². The van der Waals surface area contributed by atoms with Crippen molar-refractivity contribution in [2.24, 2.45) is 4.99 Å². The maximum absolute atomic E-state index is 12.0. The van der Waals surface area contributed by atoms with Gasteiger partial charge < -0.3 is 14.7 Å². The lowest BCUT2D eigenvalue weighted by Gasteiger charge is -2.25. The molecule has 12 heteroatoms. The van der Waals surface area contributed by atoms with Gasteiger partial charge in [-0.1, -0.05) is 41.0 Å². The van der Waals surface area contributed by atoms with Crippen molar-refractivity contribution in [1.82, 2.24) is 0 Å². The van der Waals surface area contributed by atoms with Gasteiger partial charge in [-0.3, -0.25) is 4.79 Å². The number of amides is 1. The monoisotopic (exact) mass is 452 g/mol. The Morgan fingerprint density at radius 2 is 2.04 bits per heavy atom. The average Bonchev–Trinajstić information content (AvgIpc) is 3.01. The number of halogens is 2. The Hall–Kier alpha value is -1.33. The molecule has 0 spiro atoms. The van der Waals surface area contributed by atoms with Crippen molar-refractivity contribution in [3.8, 4) is 0 Å². The first kappa shape index (κ1) is 20.4. The molecule has 2 aliphatic heterocycles. The number of rotatable bonds is 5. The summed E-state index contributed by atoms with van der Waals surface area (Å²) in [6.07, 6.45) is 0. The van der Waals surface area contributed by atoms with Crippen LogP contribution in [0.25, 0.3) is 0 Å². The topological polar surface area (TPSA) is 113 Å². The number of fused-ring (bicyclic) bond motifs is 1. The number of aliphatic carboxylic acids is 1. The van der Waals surface area contributed by atoms with Gasteiger partial charge in [-0.05, 0) is 12.1 Å². The molecule has 3 rings (SSSR count). The quantitative estimate of drug-likeness (QED) is 0.717. The van der Waals surface area contributed by atoms with Crippen molar-refractivity contribution < 1.29 is 27.9 Å². The van der Waals surface area contributed by atoms with Crippen LogP contribution in [0.1, 0.15) is 0 Å². The van der Waals surface area contributed by atoms with Gasteiger partial charge in [0.15, 0.2) is 15.0 Å². The number of carbonyl (C=O) groups is 2. The van der Waals surface area contributed by atoms with Gasteiger partial charge in [-0.2, -0.15) is 4.99 Å². The van der Waals surface area contributed by atoms with Crippen molar-refractivity contribution >= 4 is 67.5 Å². The van der Waals surface area contributed by atoms with Crippen molar-refractivity contribution in [3.05, 3.63) is 28.2 Å². The van der Waals surface area contributed by atoms with Crippen LogP contribution in [0.2, 0.25) is 10.0 Å². The van der Waals surface area contributed by atoms with Gasteiger partial charge in [-0.15, -0.1) is 0 Å². The zero-order chi connectivity index (χ0) is 19.8. The molecule has 2 heterocycles. The fourth-order valence-corrected chi connectivity index (χ4v) is 7.20. The Bertz CT molecular complexity index is 921. The molecule has 0 radical (unpaired) electrons. The molecule has 8 nitrogen and oxygen atoms in total. The van der Waals surface area contributed by atoms with Crippen LogP contribution in [0, 0.1) is 0 Å². The number of hydrogen-bond acceptors (Lipinski definition) is 6. The molecule has 2 fully saturated rings. The molecular weight excluding hydrogens is 439 g/mol. The first-order valence-corrected chi connectivity index (χ1v) is 11.1.